The van der Waals surface area contributed by atoms with Gasteiger partial charge >= 0.3 is 18.0 Å². The number of esters is 1. The molecule has 1 aliphatic rings. The van der Waals surface area contributed by atoms with Crippen LogP contribution < -0.4 is 16.4 Å². The quantitative estimate of drug-likeness (QED) is 0.414. The van der Waals surface area contributed by atoms with Crippen molar-refractivity contribution in [2.75, 3.05) is 18.4 Å². The summed E-state index contributed by atoms with van der Waals surface area (Å²) in [6.07, 6.45) is 0.706. The first kappa shape index (κ1) is 25.2. The Morgan fingerprint density at radius 3 is 2.47 bits per heavy atom. The first-order valence-electron chi connectivity index (χ1n) is 11.1. The second-order valence-electron chi connectivity index (χ2n) is 8.09. The van der Waals surface area contributed by atoms with E-state index in [1.807, 2.05) is 0 Å². The monoisotopic (exact) mass is 526 g/mol. The number of rotatable bonds is 5. The van der Waals surface area contributed by atoms with Gasteiger partial charge in [0.2, 0.25) is 0 Å². The first-order valence-corrected chi connectivity index (χ1v) is 12.3. The van der Waals surface area contributed by atoms with E-state index in [-0.39, 0.29) is 17.1 Å². The summed E-state index contributed by atoms with van der Waals surface area (Å²) in [4.78, 5) is 51.9. The van der Waals surface area contributed by atoms with Crippen molar-refractivity contribution in [3.63, 3.8) is 0 Å². The number of nitrogens with one attached hydrogen (secondary N) is 2. The molecule has 4 rings (SSSR count). The number of halogens is 1. The number of thiophene rings is 1. The Balaban J connectivity index is 1.54. The van der Waals surface area contributed by atoms with Crippen LogP contribution in [0.5, 0.6) is 0 Å². The summed E-state index contributed by atoms with van der Waals surface area (Å²) in [5.74, 6) is -1.24. The molecule has 1 atom stereocenters. The van der Waals surface area contributed by atoms with Crippen molar-refractivity contribution in [2.45, 2.75) is 18.9 Å². The third-order valence-electron chi connectivity index (χ3n) is 5.52. The number of ether oxygens (including phenoxy) is 1. The summed E-state index contributed by atoms with van der Waals surface area (Å²) < 4.78 is 5.66. The molecule has 9 nitrogen and oxygen atoms in total. The molecule has 11 heteroatoms. The highest BCUT2D eigenvalue weighted by Crippen LogP contribution is 2.36. The van der Waals surface area contributed by atoms with E-state index < -0.39 is 30.0 Å². The average molecular weight is 527 g/mol. The van der Waals surface area contributed by atoms with Crippen LogP contribution in [0.25, 0.3) is 10.4 Å². The van der Waals surface area contributed by atoms with Gasteiger partial charge in [-0.05, 0) is 48.7 Å². The molecule has 1 aliphatic heterocycles. The fourth-order valence-corrected chi connectivity index (χ4v) is 4.88. The van der Waals surface area contributed by atoms with Gasteiger partial charge in [0.05, 0.1) is 12.2 Å². The Morgan fingerprint density at radius 2 is 1.78 bits per heavy atom. The summed E-state index contributed by atoms with van der Waals surface area (Å²) in [5.41, 5.74) is 6.66. The van der Waals surface area contributed by atoms with E-state index in [0.29, 0.717) is 34.8 Å². The molecule has 36 heavy (non-hydrogen) atoms. The van der Waals surface area contributed by atoms with Crippen molar-refractivity contribution in [1.82, 2.24) is 10.2 Å². The minimum absolute atomic E-state index is 0.151. The number of carbonyl (C=O) groups is 4. The van der Waals surface area contributed by atoms with E-state index in [1.165, 1.54) is 4.90 Å². The van der Waals surface area contributed by atoms with Crippen LogP contribution >= 0.6 is 22.9 Å². The Kier molecular flexibility index (Phi) is 7.87. The Bertz CT molecular complexity index is 1280. The van der Waals surface area contributed by atoms with Crippen molar-refractivity contribution >= 4 is 52.6 Å². The molecule has 0 aliphatic carbocycles. The highest BCUT2D eigenvalue weighted by atomic mass is 35.5. The second kappa shape index (κ2) is 11.2. The van der Waals surface area contributed by atoms with Crippen LogP contribution in [0, 0.1) is 0 Å². The summed E-state index contributed by atoms with van der Waals surface area (Å²) >= 11 is 7.12. The number of hydrogen-bond donors (Lipinski definition) is 3. The lowest BCUT2D eigenvalue weighted by atomic mass is 10.1. The number of hydrogen-bond acceptors (Lipinski definition) is 6. The molecule has 1 aromatic heterocycles. The Morgan fingerprint density at radius 1 is 1.06 bits per heavy atom. The number of benzene rings is 2. The van der Waals surface area contributed by atoms with Crippen LogP contribution in [-0.2, 0) is 4.74 Å². The fourth-order valence-electron chi connectivity index (χ4n) is 3.75. The molecule has 0 radical (unpaired) electrons. The molecule has 186 valence electrons. The Labute approximate surface area is 216 Å². The van der Waals surface area contributed by atoms with E-state index in [2.05, 4.69) is 10.6 Å². The van der Waals surface area contributed by atoms with Gasteiger partial charge in [-0.3, -0.25) is 10.1 Å². The summed E-state index contributed by atoms with van der Waals surface area (Å²) in [7, 11) is 0. The molecule has 3 aromatic rings. The zero-order valence-electron chi connectivity index (χ0n) is 19.0. The van der Waals surface area contributed by atoms with Crippen molar-refractivity contribution < 1.29 is 23.9 Å². The van der Waals surface area contributed by atoms with Gasteiger partial charge in [0.1, 0.15) is 11.0 Å². The van der Waals surface area contributed by atoms with Crippen molar-refractivity contribution in [2.24, 2.45) is 5.73 Å². The fraction of sp³-hybridized carbons (Fsp3) is 0.200. The maximum Gasteiger partial charge on any atom is 0.350 e. The third-order valence-corrected chi connectivity index (χ3v) is 6.94. The van der Waals surface area contributed by atoms with Crippen LogP contribution in [0.2, 0.25) is 5.02 Å². The predicted molar refractivity (Wildman–Crippen MR) is 137 cm³/mol. The van der Waals surface area contributed by atoms with Crippen LogP contribution in [0.15, 0.2) is 60.7 Å². The minimum atomic E-state index is -0.795. The SMILES string of the molecule is NC(=O)N1CCCC(OC(=O)c2sc(-c3ccc(Cl)cc3)cc2NC(=O)NC(=O)c2ccccc2)C1. The van der Waals surface area contributed by atoms with Gasteiger partial charge in [-0.25, -0.2) is 14.4 Å². The largest absolute Gasteiger partial charge is 0.456 e. The summed E-state index contributed by atoms with van der Waals surface area (Å²) in [5, 5.41) is 5.40. The molecule has 2 heterocycles. The van der Waals surface area contributed by atoms with Crippen LogP contribution in [-0.4, -0.2) is 48.0 Å². The standard InChI is InChI=1S/C25H23ClN4O5S/c26-17-10-8-15(9-11-17)20-13-19(28-25(34)29-22(31)16-5-2-1-3-6-16)21(36-20)23(32)35-18-7-4-12-30(14-18)24(27)33/h1-3,5-6,8-11,13,18H,4,7,12,14H2,(H2,27,33)(H2,28,29,31,34). The molecule has 0 bridgehead atoms. The number of amides is 5. The molecule has 1 saturated heterocycles. The number of nitrogens with zero attached hydrogens (tertiary/aromatic N) is 1. The molecule has 5 amide bonds. The van der Waals surface area contributed by atoms with Crippen molar-refractivity contribution in [3.05, 3.63) is 76.1 Å². The molecule has 1 unspecified atom stereocenters. The van der Waals surface area contributed by atoms with Crippen molar-refractivity contribution in [3.8, 4) is 10.4 Å². The number of anilines is 1. The molecule has 2 aromatic carbocycles. The van der Waals surface area contributed by atoms with Gasteiger partial charge in [-0.1, -0.05) is 41.9 Å². The van der Waals surface area contributed by atoms with E-state index >= 15 is 0 Å². The van der Waals surface area contributed by atoms with E-state index in [4.69, 9.17) is 22.1 Å². The number of urea groups is 2. The second-order valence-corrected chi connectivity index (χ2v) is 9.58. The molecule has 0 saturated carbocycles. The van der Waals surface area contributed by atoms with E-state index in [9.17, 15) is 19.2 Å². The highest BCUT2D eigenvalue weighted by molar-refractivity contribution is 7.18. The van der Waals surface area contributed by atoms with Gasteiger partial charge in [0.15, 0.2) is 0 Å². The van der Waals surface area contributed by atoms with Gasteiger partial charge in [0, 0.05) is 22.0 Å². The molecule has 1 fully saturated rings. The lowest BCUT2D eigenvalue weighted by molar-refractivity contribution is 0.0134. The zero-order chi connectivity index (χ0) is 25.7. The van der Waals surface area contributed by atoms with Gasteiger partial charge in [-0.15, -0.1) is 11.3 Å². The lowest BCUT2D eigenvalue weighted by Gasteiger charge is -2.31. The first-order chi connectivity index (χ1) is 17.3. The van der Waals surface area contributed by atoms with Gasteiger partial charge < -0.3 is 20.7 Å². The average Bonchev–Trinajstić information content (AvgIpc) is 3.28. The number of likely N-dealkylation sites (tertiary alicyclic amines) is 1. The number of nitrogens with two attached hydrogens (primary N) is 1. The number of piperidine rings is 1. The van der Waals surface area contributed by atoms with E-state index in [0.717, 1.165) is 16.9 Å². The lowest BCUT2D eigenvalue weighted by Crippen LogP contribution is -2.46. The normalized spacial score (nSPS) is 15.1. The summed E-state index contributed by atoms with van der Waals surface area (Å²) in [6, 6.07) is 15.6. The molecule has 0 spiro atoms. The Hall–Kier alpha value is -3.89. The maximum absolute atomic E-state index is 13.1. The van der Waals surface area contributed by atoms with Gasteiger partial charge in [0.25, 0.3) is 5.91 Å². The molecular weight excluding hydrogens is 504 g/mol. The zero-order valence-corrected chi connectivity index (χ0v) is 20.6. The third kappa shape index (κ3) is 6.21. The number of primary amides is 1. The number of imide groups is 1. The topological polar surface area (TPSA) is 131 Å². The highest BCUT2D eigenvalue weighted by Gasteiger charge is 2.28. The summed E-state index contributed by atoms with van der Waals surface area (Å²) in [6.45, 7) is 0.705. The van der Waals surface area contributed by atoms with Crippen LogP contribution in [0.4, 0.5) is 15.3 Å². The molecule has 4 N–H and O–H groups in total. The van der Waals surface area contributed by atoms with Crippen molar-refractivity contribution in [1.29, 1.82) is 0 Å². The predicted octanol–water partition coefficient (Wildman–Crippen LogP) is 4.73. The van der Waals surface area contributed by atoms with E-state index in [1.54, 1.807) is 60.7 Å². The molecular formula is C25H23ClN4O5S. The smallest absolute Gasteiger partial charge is 0.350 e. The maximum atomic E-state index is 13.1. The minimum Gasteiger partial charge on any atom is -0.456 e. The van der Waals surface area contributed by atoms with Crippen LogP contribution in [0.3, 0.4) is 0 Å². The van der Waals surface area contributed by atoms with Gasteiger partial charge in [-0.2, -0.15) is 0 Å². The van der Waals surface area contributed by atoms with Crippen LogP contribution in [0.1, 0.15) is 32.9 Å². The number of carbonyl (C=O) groups excluding carboxylic acids is 4.